The van der Waals surface area contributed by atoms with E-state index in [0.29, 0.717) is 6.04 Å². The van der Waals surface area contributed by atoms with Crippen LogP contribution in [0.25, 0.3) is 0 Å². The molecule has 0 unspecified atom stereocenters. The van der Waals surface area contributed by atoms with Gasteiger partial charge in [-0.1, -0.05) is 0 Å². The van der Waals surface area contributed by atoms with Crippen molar-refractivity contribution < 1.29 is 10.5 Å². The van der Waals surface area contributed by atoms with E-state index in [2.05, 4.69) is 24.8 Å². The minimum absolute atomic E-state index is 0.239. The lowest BCUT2D eigenvalue weighted by Crippen LogP contribution is -2.51. The summed E-state index contributed by atoms with van der Waals surface area (Å²) < 4.78 is 5.53. The molecule has 0 saturated heterocycles. The predicted molar refractivity (Wildman–Crippen MR) is 53.5 cm³/mol. The second-order valence-corrected chi connectivity index (χ2v) is 3.64. The third-order valence-corrected chi connectivity index (χ3v) is 1.82. The van der Waals surface area contributed by atoms with Crippen molar-refractivity contribution in [2.24, 2.45) is 0 Å². The lowest BCUT2D eigenvalue weighted by molar-refractivity contribution is -0.420. The van der Waals surface area contributed by atoms with Crippen LogP contribution >= 0.6 is 0 Å². The minimum atomic E-state index is 0.239. The predicted octanol–water partition coefficient (Wildman–Crippen LogP) is 1.78. The summed E-state index contributed by atoms with van der Waals surface area (Å²) >= 11 is 0. The Morgan fingerprint density at radius 2 is 1.62 bits per heavy atom. The van der Waals surface area contributed by atoms with Crippen molar-refractivity contribution in [2.45, 2.75) is 32.9 Å². The van der Waals surface area contributed by atoms with Gasteiger partial charge < -0.3 is 10.5 Å². The fourth-order valence-electron chi connectivity index (χ4n) is 1.15. The van der Waals surface area contributed by atoms with Crippen LogP contribution in [0.4, 0.5) is 0 Å². The van der Waals surface area contributed by atoms with Gasteiger partial charge in [0.2, 0.25) is 0 Å². The minimum Gasteiger partial charge on any atom is -0.491 e. The molecular formula is C11H18NO+. The van der Waals surface area contributed by atoms with Crippen molar-refractivity contribution in [3.05, 3.63) is 29.8 Å². The molecule has 0 bridgehead atoms. The van der Waals surface area contributed by atoms with Crippen LogP contribution in [-0.2, 0) is 0 Å². The topological polar surface area (TPSA) is 36.9 Å². The number of hydrogen-bond acceptors (Lipinski definition) is 1. The molecule has 0 spiro atoms. The lowest BCUT2D eigenvalue weighted by atomic mass is 10.1. The average molecular weight is 180 g/mol. The number of ether oxygens (including phenoxy) is 1. The zero-order valence-corrected chi connectivity index (χ0v) is 8.58. The molecule has 13 heavy (non-hydrogen) atoms. The molecule has 0 aliphatic heterocycles. The fraction of sp³-hybridized carbons (Fsp3) is 0.455. The van der Waals surface area contributed by atoms with Crippen molar-refractivity contribution in [1.82, 2.24) is 0 Å². The maximum absolute atomic E-state index is 5.53. The summed E-state index contributed by atoms with van der Waals surface area (Å²) in [6, 6.07) is 8.46. The van der Waals surface area contributed by atoms with Crippen molar-refractivity contribution in [3.63, 3.8) is 0 Å². The van der Waals surface area contributed by atoms with Crippen LogP contribution in [0.3, 0.4) is 0 Å². The van der Waals surface area contributed by atoms with E-state index in [1.165, 1.54) is 5.56 Å². The first-order valence-electron chi connectivity index (χ1n) is 4.69. The highest BCUT2D eigenvalue weighted by atomic mass is 16.5. The van der Waals surface area contributed by atoms with E-state index in [-0.39, 0.29) is 6.10 Å². The molecule has 1 aromatic carbocycles. The maximum Gasteiger partial charge on any atom is 0.119 e. The largest absolute Gasteiger partial charge is 0.491 e. The van der Waals surface area contributed by atoms with Gasteiger partial charge in [-0.3, -0.25) is 0 Å². The van der Waals surface area contributed by atoms with E-state index in [0.717, 1.165) is 5.75 Å². The molecular weight excluding hydrogens is 162 g/mol. The highest BCUT2D eigenvalue weighted by Gasteiger charge is 2.02. The first-order chi connectivity index (χ1) is 6.09. The van der Waals surface area contributed by atoms with Crippen LogP contribution < -0.4 is 10.5 Å². The number of hydrogen-bond donors (Lipinski definition) is 1. The van der Waals surface area contributed by atoms with Crippen molar-refractivity contribution in [3.8, 4) is 5.75 Å². The molecule has 0 radical (unpaired) electrons. The van der Waals surface area contributed by atoms with E-state index < -0.39 is 0 Å². The molecule has 0 aliphatic carbocycles. The molecule has 2 heteroatoms. The van der Waals surface area contributed by atoms with Crippen LogP contribution in [0.5, 0.6) is 5.75 Å². The molecule has 2 nitrogen and oxygen atoms in total. The Labute approximate surface area is 79.7 Å². The number of rotatable bonds is 3. The van der Waals surface area contributed by atoms with Gasteiger partial charge >= 0.3 is 0 Å². The van der Waals surface area contributed by atoms with E-state index >= 15 is 0 Å². The smallest absolute Gasteiger partial charge is 0.119 e. The molecule has 3 N–H and O–H groups in total. The highest BCUT2D eigenvalue weighted by molar-refractivity contribution is 5.28. The van der Waals surface area contributed by atoms with Crippen molar-refractivity contribution in [2.75, 3.05) is 0 Å². The standard InChI is InChI=1S/C11H17NO/c1-8(2)13-11-6-4-10(5-7-11)9(3)12/h4-9H,12H2,1-3H3/p+1/t9-/m0/s1. The summed E-state index contributed by atoms with van der Waals surface area (Å²) in [5.41, 5.74) is 5.20. The van der Waals surface area contributed by atoms with E-state index in [1.54, 1.807) is 0 Å². The average Bonchev–Trinajstić information content (AvgIpc) is 2.04. The molecule has 1 aromatic rings. The van der Waals surface area contributed by atoms with Gasteiger partial charge in [-0.05, 0) is 45.0 Å². The van der Waals surface area contributed by atoms with Crippen LogP contribution in [0, 0.1) is 0 Å². The summed E-state index contributed by atoms with van der Waals surface area (Å²) in [4.78, 5) is 0. The number of benzene rings is 1. The van der Waals surface area contributed by atoms with Gasteiger partial charge in [0.25, 0.3) is 0 Å². The van der Waals surface area contributed by atoms with Crippen molar-refractivity contribution >= 4 is 0 Å². The number of quaternary nitrogens is 1. The Hall–Kier alpha value is -1.02. The van der Waals surface area contributed by atoms with E-state index in [9.17, 15) is 0 Å². The zero-order valence-electron chi connectivity index (χ0n) is 8.58. The summed E-state index contributed by atoms with van der Waals surface area (Å²) in [7, 11) is 0. The molecule has 0 aromatic heterocycles. The third kappa shape index (κ3) is 3.07. The fourth-order valence-corrected chi connectivity index (χ4v) is 1.15. The van der Waals surface area contributed by atoms with Gasteiger partial charge in [0.1, 0.15) is 11.8 Å². The van der Waals surface area contributed by atoms with Gasteiger partial charge in [0.15, 0.2) is 0 Å². The summed E-state index contributed by atoms with van der Waals surface area (Å²) in [6.07, 6.45) is 0.239. The Morgan fingerprint density at radius 3 is 2.00 bits per heavy atom. The van der Waals surface area contributed by atoms with Crippen LogP contribution in [0.2, 0.25) is 0 Å². The quantitative estimate of drug-likeness (QED) is 0.756. The first kappa shape index (κ1) is 10.1. The monoisotopic (exact) mass is 180 g/mol. The summed E-state index contributed by atoms with van der Waals surface area (Å²) in [5, 5.41) is 0. The summed E-state index contributed by atoms with van der Waals surface area (Å²) in [5.74, 6) is 0.930. The molecule has 72 valence electrons. The second-order valence-electron chi connectivity index (χ2n) is 3.64. The van der Waals surface area contributed by atoms with Gasteiger partial charge in [0.05, 0.1) is 6.10 Å². The van der Waals surface area contributed by atoms with E-state index in [4.69, 9.17) is 4.74 Å². The van der Waals surface area contributed by atoms with E-state index in [1.807, 2.05) is 26.0 Å². The maximum atomic E-state index is 5.53. The molecule has 0 aliphatic rings. The molecule has 0 amide bonds. The Kier molecular flexibility index (Phi) is 3.32. The van der Waals surface area contributed by atoms with Crippen molar-refractivity contribution in [1.29, 1.82) is 0 Å². The van der Waals surface area contributed by atoms with Gasteiger partial charge in [0, 0.05) is 5.56 Å². The lowest BCUT2D eigenvalue weighted by Gasteiger charge is -2.10. The molecule has 0 saturated carbocycles. The summed E-state index contributed by atoms with van der Waals surface area (Å²) in [6.45, 7) is 6.13. The Bertz CT molecular complexity index is 251. The molecule has 0 fully saturated rings. The second kappa shape index (κ2) is 4.28. The van der Waals surface area contributed by atoms with Gasteiger partial charge in [-0.2, -0.15) is 0 Å². The van der Waals surface area contributed by atoms with Crippen LogP contribution in [0.15, 0.2) is 24.3 Å². The highest BCUT2D eigenvalue weighted by Crippen LogP contribution is 2.16. The Balaban J connectivity index is 2.70. The van der Waals surface area contributed by atoms with Crippen LogP contribution in [0.1, 0.15) is 32.4 Å². The SMILES string of the molecule is CC(C)Oc1ccc([C@H](C)[NH3+])cc1. The zero-order chi connectivity index (χ0) is 9.84. The first-order valence-corrected chi connectivity index (χ1v) is 4.69. The molecule has 1 rings (SSSR count). The Morgan fingerprint density at radius 1 is 1.08 bits per heavy atom. The van der Waals surface area contributed by atoms with Crippen LogP contribution in [-0.4, -0.2) is 6.10 Å². The van der Waals surface area contributed by atoms with Gasteiger partial charge in [-0.25, -0.2) is 0 Å². The molecule has 1 atom stereocenters. The molecule has 0 heterocycles. The normalized spacial score (nSPS) is 13.0. The van der Waals surface area contributed by atoms with Gasteiger partial charge in [-0.15, -0.1) is 0 Å². The third-order valence-electron chi connectivity index (χ3n) is 1.82.